The van der Waals surface area contributed by atoms with Crippen molar-refractivity contribution in [3.63, 3.8) is 0 Å². The Labute approximate surface area is 208 Å². The molecule has 0 bridgehead atoms. The minimum absolute atomic E-state index is 0.207. The summed E-state index contributed by atoms with van der Waals surface area (Å²) in [5.41, 5.74) is 3.40. The number of unbranched alkanes of at least 4 members (excludes halogenated alkanes) is 1. The second-order valence-corrected chi connectivity index (χ2v) is 10.3. The molecule has 3 heterocycles. The summed E-state index contributed by atoms with van der Waals surface area (Å²) < 4.78 is 11.4. The van der Waals surface area contributed by atoms with Gasteiger partial charge in [-0.15, -0.1) is 0 Å². The summed E-state index contributed by atoms with van der Waals surface area (Å²) in [6.45, 7) is 0.803. The monoisotopic (exact) mass is 478 g/mol. The number of ether oxygens (including phenoxy) is 2. The van der Waals surface area contributed by atoms with E-state index in [0.717, 1.165) is 75.0 Å². The number of hydrogen-bond donors (Lipinski definition) is 1. The third-order valence-electron chi connectivity index (χ3n) is 7.90. The average Bonchev–Trinajstić information content (AvgIpc) is 3.70. The first-order valence-corrected chi connectivity index (χ1v) is 13.2. The van der Waals surface area contributed by atoms with Gasteiger partial charge in [-0.3, -0.25) is 9.88 Å². The highest BCUT2D eigenvalue weighted by Gasteiger charge is 2.41. The van der Waals surface area contributed by atoms with Crippen LogP contribution in [0.2, 0.25) is 0 Å². The van der Waals surface area contributed by atoms with Crippen LogP contribution in [0.1, 0.15) is 80.1 Å². The minimum atomic E-state index is -0.405. The Morgan fingerprint density at radius 2 is 1.94 bits per heavy atom. The number of pyridine rings is 2. The molecule has 1 aliphatic heterocycles. The number of hydrogen-bond acceptors (Lipinski definition) is 7. The fourth-order valence-electron chi connectivity index (χ4n) is 5.53. The number of carbonyl (C=O) groups excluding carboxylic acids is 1. The third-order valence-corrected chi connectivity index (χ3v) is 7.90. The molecule has 1 unspecified atom stereocenters. The zero-order valence-corrected chi connectivity index (χ0v) is 21.0. The van der Waals surface area contributed by atoms with Crippen LogP contribution in [0.15, 0.2) is 36.7 Å². The lowest BCUT2D eigenvalue weighted by Gasteiger charge is -2.43. The van der Waals surface area contributed by atoms with E-state index in [4.69, 9.17) is 9.47 Å². The van der Waals surface area contributed by atoms with E-state index in [-0.39, 0.29) is 12.1 Å². The molecule has 2 saturated carbocycles. The van der Waals surface area contributed by atoms with Crippen molar-refractivity contribution in [1.29, 1.82) is 0 Å². The average molecular weight is 479 g/mol. The summed E-state index contributed by atoms with van der Waals surface area (Å²) in [7, 11) is 3.51. The number of methoxy groups -OCH3 is 1. The van der Waals surface area contributed by atoms with Crippen molar-refractivity contribution in [3.05, 3.63) is 53.5 Å². The number of nitrogens with one attached hydrogen (secondary N) is 1. The molecule has 0 radical (unpaired) electrons. The molecule has 35 heavy (non-hydrogen) atoms. The number of carbonyl (C=O) groups is 1. The molecule has 7 heteroatoms. The molecule has 2 aromatic heterocycles. The van der Waals surface area contributed by atoms with Crippen LogP contribution in [0.25, 0.3) is 0 Å². The van der Waals surface area contributed by atoms with E-state index in [1.54, 1.807) is 0 Å². The molecule has 2 aliphatic carbocycles. The van der Waals surface area contributed by atoms with Gasteiger partial charge in [0.2, 0.25) is 0 Å². The van der Waals surface area contributed by atoms with Gasteiger partial charge in [0.25, 0.3) is 0 Å². The summed E-state index contributed by atoms with van der Waals surface area (Å²) in [4.78, 5) is 24.0. The quantitative estimate of drug-likeness (QED) is 0.372. The second kappa shape index (κ2) is 11.0. The maximum absolute atomic E-state index is 12.8. The SMILES string of the molecule is COC(=O)C(c1cccnc1C1CC1)N(C)C1CC(OCCCC[C@H]2CCc3cccnc3N2)C1. The van der Waals surface area contributed by atoms with Gasteiger partial charge in [-0.2, -0.15) is 0 Å². The summed E-state index contributed by atoms with van der Waals surface area (Å²) in [5, 5.41) is 3.59. The molecule has 0 spiro atoms. The molecule has 3 aliphatic rings. The van der Waals surface area contributed by atoms with Gasteiger partial charge in [0.1, 0.15) is 11.9 Å². The number of fused-ring (bicyclic) bond motifs is 1. The fourth-order valence-corrected chi connectivity index (χ4v) is 5.53. The number of esters is 1. The molecule has 2 fully saturated rings. The fraction of sp³-hybridized carbons (Fsp3) is 0.607. The number of rotatable bonds is 11. The Bertz CT molecular complexity index is 1010. The molecule has 2 atom stereocenters. The first-order valence-electron chi connectivity index (χ1n) is 13.2. The van der Waals surface area contributed by atoms with Crippen LogP contribution in [0, 0.1) is 0 Å². The second-order valence-electron chi connectivity index (χ2n) is 10.3. The van der Waals surface area contributed by atoms with Crippen LogP contribution in [0.3, 0.4) is 0 Å². The molecule has 0 aromatic carbocycles. The standard InChI is InChI=1S/C28H38N4O3/c1-32(26(28(33)34-2)24-9-6-14-29-25(24)19-10-11-19)22-17-23(18-22)35-16-4-3-8-21-13-12-20-7-5-15-30-27(20)31-21/h5-7,9,14-15,19,21-23,26H,3-4,8,10-13,16-18H2,1-2H3,(H,30,31)/t21-,22?,23?,26?/m0/s1. The summed E-state index contributed by atoms with van der Waals surface area (Å²) in [5.74, 6) is 1.34. The number of aryl methyl sites for hydroxylation is 1. The van der Waals surface area contributed by atoms with Gasteiger partial charge in [-0.1, -0.05) is 12.1 Å². The topological polar surface area (TPSA) is 76.6 Å². The van der Waals surface area contributed by atoms with E-state index in [2.05, 4.69) is 26.3 Å². The lowest BCUT2D eigenvalue weighted by Crippen LogP contribution is -2.49. The first kappa shape index (κ1) is 24.2. The zero-order chi connectivity index (χ0) is 24.2. The van der Waals surface area contributed by atoms with Crippen molar-refractivity contribution in [3.8, 4) is 0 Å². The summed E-state index contributed by atoms with van der Waals surface area (Å²) >= 11 is 0. The largest absolute Gasteiger partial charge is 0.468 e. The van der Waals surface area contributed by atoms with Crippen LogP contribution in [0.4, 0.5) is 5.82 Å². The van der Waals surface area contributed by atoms with Crippen LogP contribution >= 0.6 is 0 Å². The first-order chi connectivity index (χ1) is 17.1. The van der Waals surface area contributed by atoms with E-state index >= 15 is 0 Å². The zero-order valence-electron chi connectivity index (χ0n) is 21.0. The predicted molar refractivity (Wildman–Crippen MR) is 135 cm³/mol. The summed E-state index contributed by atoms with van der Waals surface area (Å²) in [6, 6.07) is 8.58. The van der Waals surface area contributed by atoms with E-state index < -0.39 is 6.04 Å². The van der Waals surface area contributed by atoms with Crippen molar-refractivity contribution in [2.24, 2.45) is 0 Å². The molecule has 0 saturated heterocycles. The lowest BCUT2D eigenvalue weighted by atomic mass is 9.86. The highest BCUT2D eigenvalue weighted by atomic mass is 16.5. The van der Waals surface area contributed by atoms with E-state index in [1.807, 2.05) is 37.6 Å². The molecular formula is C28H38N4O3. The molecule has 5 rings (SSSR count). The van der Waals surface area contributed by atoms with Gasteiger partial charge in [0.05, 0.1) is 13.2 Å². The number of aromatic nitrogens is 2. The molecular weight excluding hydrogens is 440 g/mol. The number of likely N-dealkylation sites (N-methyl/N-ethyl adjacent to an activating group) is 1. The van der Waals surface area contributed by atoms with Crippen molar-refractivity contribution in [2.45, 2.75) is 87.9 Å². The normalized spacial score (nSPS) is 24.3. The van der Waals surface area contributed by atoms with Crippen LogP contribution in [-0.4, -0.2) is 59.8 Å². The van der Waals surface area contributed by atoms with Crippen molar-refractivity contribution in [1.82, 2.24) is 14.9 Å². The maximum atomic E-state index is 12.8. The van der Waals surface area contributed by atoms with Gasteiger partial charge >= 0.3 is 5.97 Å². The third kappa shape index (κ3) is 5.67. The van der Waals surface area contributed by atoms with Crippen LogP contribution < -0.4 is 5.32 Å². The van der Waals surface area contributed by atoms with Crippen molar-refractivity contribution in [2.75, 3.05) is 26.1 Å². The van der Waals surface area contributed by atoms with Gasteiger partial charge in [0, 0.05) is 48.3 Å². The Morgan fingerprint density at radius 3 is 2.74 bits per heavy atom. The van der Waals surface area contributed by atoms with Gasteiger partial charge < -0.3 is 14.8 Å². The van der Waals surface area contributed by atoms with Gasteiger partial charge in [-0.25, -0.2) is 9.78 Å². The van der Waals surface area contributed by atoms with Crippen molar-refractivity contribution >= 4 is 11.8 Å². The molecule has 7 nitrogen and oxygen atoms in total. The Morgan fingerprint density at radius 1 is 1.14 bits per heavy atom. The maximum Gasteiger partial charge on any atom is 0.327 e. The van der Waals surface area contributed by atoms with E-state index in [1.165, 1.54) is 19.1 Å². The molecule has 188 valence electrons. The van der Waals surface area contributed by atoms with E-state index in [0.29, 0.717) is 18.0 Å². The van der Waals surface area contributed by atoms with Gasteiger partial charge in [0.15, 0.2) is 0 Å². The highest BCUT2D eigenvalue weighted by Crippen LogP contribution is 2.43. The van der Waals surface area contributed by atoms with Gasteiger partial charge in [-0.05, 0) is 82.5 Å². The molecule has 0 amide bonds. The van der Waals surface area contributed by atoms with Crippen LogP contribution in [0.5, 0.6) is 0 Å². The summed E-state index contributed by atoms with van der Waals surface area (Å²) in [6.07, 6.45) is 13.9. The highest BCUT2D eigenvalue weighted by molar-refractivity contribution is 5.78. The lowest BCUT2D eigenvalue weighted by molar-refractivity contribution is -0.150. The Hall–Kier alpha value is -2.51. The van der Waals surface area contributed by atoms with Crippen LogP contribution in [-0.2, 0) is 20.7 Å². The predicted octanol–water partition coefficient (Wildman–Crippen LogP) is 4.64. The van der Waals surface area contributed by atoms with E-state index in [9.17, 15) is 4.79 Å². The Balaban J connectivity index is 1.04. The smallest absolute Gasteiger partial charge is 0.327 e. The molecule has 2 aromatic rings. The minimum Gasteiger partial charge on any atom is -0.468 e. The van der Waals surface area contributed by atoms with Crippen molar-refractivity contribution < 1.29 is 14.3 Å². The Kier molecular flexibility index (Phi) is 7.63. The number of anilines is 1. The molecule has 1 N–H and O–H groups in total. The number of nitrogens with zero attached hydrogens (tertiary/aromatic N) is 3.